The maximum Gasteiger partial charge on any atom is 0.269 e. The van der Waals surface area contributed by atoms with Crippen molar-refractivity contribution in [2.24, 2.45) is 5.16 Å². The number of oxime groups is 1. The third kappa shape index (κ3) is 6.30. The number of nitro benzene ring substituents is 1. The predicted octanol–water partition coefficient (Wildman–Crippen LogP) is 3.83. The zero-order valence-corrected chi connectivity index (χ0v) is 17.2. The first-order valence-corrected chi connectivity index (χ1v) is 9.48. The van der Waals surface area contributed by atoms with E-state index in [1.165, 1.54) is 30.3 Å². The van der Waals surface area contributed by atoms with Crippen molar-refractivity contribution in [3.63, 3.8) is 0 Å². The molecule has 1 amide bonds. The molecule has 0 atom stereocenters. The summed E-state index contributed by atoms with van der Waals surface area (Å²) in [5.74, 6) is -0.790. The molecule has 1 heterocycles. The van der Waals surface area contributed by atoms with Gasteiger partial charge in [-0.25, -0.2) is 9.02 Å². The van der Waals surface area contributed by atoms with Crippen molar-refractivity contribution in [2.75, 3.05) is 10.8 Å². The van der Waals surface area contributed by atoms with Crippen molar-refractivity contribution in [1.29, 1.82) is 0 Å². The molecule has 31 heavy (non-hydrogen) atoms. The molecule has 1 aromatic heterocycles. The lowest BCUT2D eigenvalue weighted by Gasteiger charge is -2.03. The molecule has 0 aliphatic rings. The lowest BCUT2D eigenvalue weighted by molar-refractivity contribution is -0.384. The molecule has 160 valence electrons. The summed E-state index contributed by atoms with van der Waals surface area (Å²) in [6.45, 7) is 0. The van der Waals surface area contributed by atoms with Gasteiger partial charge in [0.05, 0.1) is 15.1 Å². The van der Waals surface area contributed by atoms with Gasteiger partial charge in [0.1, 0.15) is 12.0 Å². The van der Waals surface area contributed by atoms with Crippen LogP contribution in [-0.2, 0) is 16.2 Å². The number of aromatic nitrogens is 2. The van der Waals surface area contributed by atoms with E-state index in [0.29, 0.717) is 17.7 Å². The molecular formula is C18H14BrFN6O5. The van der Waals surface area contributed by atoms with Crippen LogP contribution in [0.1, 0.15) is 17.7 Å². The Morgan fingerprint density at radius 1 is 1.32 bits per heavy atom. The molecule has 0 bridgehead atoms. The first-order chi connectivity index (χ1) is 14.9. The Kier molecular flexibility index (Phi) is 7.22. The van der Waals surface area contributed by atoms with E-state index in [1.54, 1.807) is 12.1 Å². The Morgan fingerprint density at radius 3 is 2.94 bits per heavy atom. The van der Waals surface area contributed by atoms with Crippen LogP contribution in [0.4, 0.5) is 21.6 Å². The standard InChI is InChI=1S/C18H14BrFN6O5/c19-14-9-12(5-6-15(14)20)23-30-21-10-16-18(25-31-24-16)22-17(27)7-4-11-2-1-3-13(8-11)26(28)29/h1-3,5-6,8-10,23H,4,7H2,(H,22,25,27)/b21-10+. The molecule has 11 nitrogen and oxygen atoms in total. The fraction of sp³-hybridized carbons (Fsp3) is 0.111. The largest absolute Gasteiger partial charge is 0.306 e. The van der Waals surface area contributed by atoms with E-state index in [0.717, 1.165) is 6.21 Å². The van der Waals surface area contributed by atoms with Crippen LogP contribution in [-0.4, -0.2) is 27.4 Å². The Morgan fingerprint density at radius 2 is 2.16 bits per heavy atom. The van der Waals surface area contributed by atoms with Gasteiger partial charge < -0.3 is 5.32 Å². The normalized spacial score (nSPS) is 10.8. The van der Waals surface area contributed by atoms with Gasteiger partial charge in [-0.05, 0) is 56.4 Å². The zero-order valence-electron chi connectivity index (χ0n) is 15.6. The Hall–Kier alpha value is -3.87. The molecule has 3 aromatic rings. The van der Waals surface area contributed by atoms with Crippen LogP contribution in [0, 0.1) is 15.9 Å². The molecular weight excluding hydrogens is 479 g/mol. The molecule has 2 aromatic carbocycles. The number of nitrogens with one attached hydrogen (secondary N) is 2. The van der Waals surface area contributed by atoms with Gasteiger partial charge in [-0.2, -0.15) is 5.48 Å². The van der Waals surface area contributed by atoms with Gasteiger partial charge in [0.25, 0.3) is 5.69 Å². The summed E-state index contributed by atoms with van der Waals surface area (Å²) >= 11 is 3.05. The van der Waals surface area contributed by atoms with E-state index < -0.39 is 16.6 Å². The smallest absolute Gasteiger partial charge is 0.269 e. The number of non-ortho nitro benzene ring substituents is 1. The SMILES string of the molecule is O=C(CCc1cccc([N+](=O)[O-])c1)Nc1nonc1/C=N/ONc1ccc(F)c(Br)c1. The lowest BCUT2D eigenvalue weighted by atomic mass is 10.1. The fourth-order valence-electron chi connectivity index (χ4n) is 2.36. The van der Waals surface area contributed by atoms with E-state index >= 15 is 0 Å². The summed E-state index contributed by atoms with van der Waals surface area (Å²) in [4.78, 5) is 27.4. The zero-order chi connectivity index (χ0) is 22.2. The number of hydrogen-bond acceptors (Lipinski definition) is 9. The predicted molar refractivity (Wildman–Crippen MR) is 111 cm³/mol. The topological polar surface area (TPSA) is 145 Å². The Labute approximate surface area is 182 Å². The van der Waals surface area contributed by atoms with Crippen molar-refractivity contribution in [2.45, 2.75) is 12.8 Å². The van der Waals surface area contributed by atoms with E-state index in [2.05, 4.69) is 46.8 Å². The van der Waals surface area contributed by atoms with Crippen LogP contribution in [0.25, 0.3) is 0 Å². The summed E-state index contributed by atoms with van der Waals surface area (Å²) < 4.78 is 18.0. The van der Waals surface area contributed by atoms with Gasteiger partial charge in [0.2, 0.25) is 11.7 Å². The molecule has 0 fully saturated rings. The first kappa shape index (κ1) is 21.8. The number of nitro groups is 1. The number of carbonyl (C=O) groups is 1. The van der Waals surface area contributed by atoms with Crippen molar-refractivity contribution in [1.82, 2.24) is 10.3 Å². The van der Waals surface area contributed by atoms with Crippen molar-refractivity contribution in [3.8, 4) is 0 Å². The molecule has 0 aliphatic carbocycles. The summed E-state index contributed by atoms with van der Waals surface area (Å²) in [7, 11) is 0. The molecule has 0 saturated carbocycles. The number of hydrogen-bond donors (Lipinski definition) is 2. The highest BCUT2D eigenvalue weighted by Crippen LogP contribution is 2.20. The minimum Gasteiger partial charge on any atom is -0.306 e. The monoisotopic (exact) mass is 492 g/mol. The molecule has 0 saturated heterocycles. The molecule has 13 heteroatoms. The number of benzene rings is 2. The summed E-state index contributed by atoms with van der Waals surface area (Å²) in [6, 6.07) is 10.2. The third-order valence-corrected chi connectivity index (χ3v) is 4.45. The van der Waals surface area contributed by atoms with E-state index in [-0.39, 0.29) is 28.1 Å². The van der Waals surface area contributed by atoms with Crippen LogP contribution in [0.3, 0.4) is 0 Å². The first-order valence-electron chi connectivity index (χ1n) is 8.68. The summed E-state index contributed by atoms with van der Waals surface area (Å²) in [6.07, 6.45) is 1.50. The number of halogens is 2. The van der Waals surface area contributed by atoms with Crippen molar-refractivity contribution < 1.29 is 23.7 Å². The fourth-order valence-corrected chi connectivity index (χ4v) is 2.74. The van der Waals surface area contributed by atoms with Crippen LogP contribution >= 0.6 is 15.9 Å². The Balaban J connectivity index is 1.50. The van der Waals surface area contributed by atoms with Gasteiger partial charge in [0.15, 0.2) is 5.69 Å². The lowest BCUT2D eigenvalue weighted by Crippen LogP contribution is -2.14. The molecule has 2 N–H and O–H groups in total. The van der Waals surface area contributed by atoms with Crippen molar-refractivity contribution >= 4 is 45.2 Å². The van der Waals surface area contributed by atoms with Crippen LogP contribution in [0.2, 0.25) is 0 Å². The second kappa shape index (κ2) is 10.2. The minimum absolute atomic E-state index is 0.0286. The van der Waals surface area contributed by atoms with Gasteiger partial charge in [0, 0.05) is 18.6 Å². The van der Waals surface area contributed by atoms with E-state index in [9.17, 15) is 19.3 Å². The van der Waals surface area contributed by atoms with Crippen LogP contribution in [0.15, 0.2) is 56.7 Å². The average molecular weight is 493 g/mol. The maximum absolute atomic E-state index is 13.2. The quantitative estimate of drug-likeness (QED) is 0.260. The molecule has 0 radical (unpaired) electrons. The van der Waals surface area contributed by atoms with E-state index in [1.807, 2.05) is 0 Å². The van der Waals surface area contributed by atoms with Crippen molar-refractivity contribution in [3.05, 3.63) is 74.1 Å². The number of carbonyl (C=O) groups excluding carboxylic acids is 1. The number of aryl methyl sites for hydroxylation is 1. The molecule has 3 rings (SSSR count). The van der Waals surface area contributed by atoms with Gasteiger partial charge in [-0.15, -0.1) is 0 Å². The number of rotatable bonds is 9. The summed E-state index contributed by atoms with van der Waals surface area (Å²) in [5, 5.41) is 24.1. The third-order valence-electron chi connectivity index (χ3n) is 3.84. The van der Waals surface area contributed by atoms with Crippen LogP contribution in [0.5, 0.6) is 0 Å². The van der Waals surface area contributed by atoms with Gasteiger partial charge in [-0.1, -0.05) is 17.3 Å². The highest BCUT2D eigenvalue weighted by molar-refractivity contribution is 9.10. The minimum atomic E-state index is -0.498. The number of amides is 1. The van der Waals surface area contributed by atoms with Crippen LogP contribution < -0.4 is 10.8 Å². The highest BCUT2D eigenvalue weighted by Gasteiger charge is 2.13. The number of anilines is 2. The molecule has 0 aliphatic heterocycles. The van der Waals surface area contributed by atoms with Gasteiger partial charge in [-0.3, -0.25) is 19.8 Å². The maximum atomic E-state index is 13.2. The number of nitrogens with zero attached hydrogens (tertiary/aromatic N) is 4. The average Bonchev–Trinajstić information content (AvgIpc) is 3.19. The van der Waals surface area contributed by atoms with Gasteiger partial charge >= 0.3 is 0 Å². The second-order valence-electron chi connectivity index (χ2n) is 6.03. The summed E-state index contributed by atoms with van der Waals surface area (Å²) in [5.41, 5.74) is 3.63. The Bertz CT molecular complexity index is 1120. The second-order valence-corrected chi connectivity index (χ2v) is 6.88. The highest BCUT2D eigenvalue weighted by atomic mass is 79.9. The molecule has 0 unspecified atom stereocenters. The van der Waals surface area contributed by atoms with E-state index in [4.69, 9.17) is 4.94 Å². The molecule has 0 spiro atoms.